The van der Waals surface area contributed by atoms with Crippen molar-refractivity contribution in [2.45, 2.75) is 0 Å². The summed E-state index contributed by atoms with van der Waals surface area (Å²) in [6.07, 6.45) is 0. The van der Waals surface area contributed by atoms with Crippen LogP contribution in [0.25, 0.3) is 0 Å². The van der Waals surface area contributed by atoms with E-state index in [0.717, 1.165) is 0 Å². The first-order valence-electron chi connectivity index (χ1n) is 4.72. The number of carbonyl (C=O) groups is 1. The summed E-state index contributed by atoms with van der Waals surface area (Å²) in [6.45, 7) is 0. The maximum atomic E-state index is 11.0. The highest BCUT2D eigenvalue weighted by atomic mass is 35.5. The molecule has 0 bridgehead atoms. The average Bonchev–Trinajstić information content (AvgIpc) is 2.32. The van der Waals surface area contributed by atoms with Crippen molar-refractivity contribution in [1.82, 2.24) is 10.2 Å². The summed E-state index contributed by atoms with van der Waals surface area (Å²) in [4.78, 5) is 11.0. The van der Waals surface area contributed by atoms with Gasteiger partial charge in [-0.25, -0.2) is 0 Å². The summed E-state index contributed by atoms with van der Waals surface area (Å²) in [7, 11) is 0. The van der Waals surface area contributed by atoms with Gasteiger partial charge in [-0.15, -0.1) is 10.2 Å². The summed E-state index contributed by atoms with van der Waals surface area (Å²) in [5, 5.41) is 7.64. The molecule has 2 N–H and O–H groups in total. The van der Waals surface area contributed by atoms with Gasteiger partial charge in [0.2, 0.25) is 11.8 Å². The van der Waals surface area contributed by atoms with Gasteiger partial charge in [0.15, 0.2) is 5.15 Å². The van der Waals surface area contributed by atoms with Crippen LogP contribution < -0.4 is 10.5 Å². The Labute approximate surface area is 102 Å². The van der Waals surface area contributed by atoms with Gasteiger partial charge >= 0.3 is 0 Å². The van der Waals surface area contributed by atoms with Crippen molar-refractivity contribution in [3.63, 3.8) is 0 Å². The van der Waals surface area contributed by atoms with Crippen LogP contribution >= 0.6 is 11.6 Å². The number of hydrogen-bond acceptors (Lipinski definition) is 4. The maximum absolute atomic E-state index is 11.0. The van der Waals surface area contributed by atoms with Crippen molar-refractivity contribution in [2.75, 3.05) is 0 Å². The molecule has 5 nitrogen and oxygen atoms in total. The molecule has 2 rings (SSSR count). The van der Waals surface area contributed by atoms with Gasteiger partial charge in [-0.1, -0.05) is 17.7 Å². The van der Waals surface area contributed by atoms with Crippen LogP contribution in [-0.2, 0) is 0 Å². The minimum Gasteiger partial charge on any atom is -0.437 e. The van der Waals surface area contributed by atoms with E-state index in [1.165, 1.54) is 6.07 Å². The topological polar surface area (TPSA) is 78.1 Å². The lowest BCUT2D eigenvalue weighted by molar-refractivity contribution is 0.1000. The summed E-state index contributed by atoms with van der Waals surface area (Å²) >= 11 is 5.59. The monoisotopic (exact) mass is 249 g/mol. The van der Waals surface area contributed by atoms with Gasteiger partial charge in [0.25, 0.3) is 0 Å². The highest BCUT2D eigenvalue weighted by Crippen LogP contribution is 2.20. The second-order valence-corrected chi connectivity index (χ2v) is 3.58. The number of nitrogens with zero attached hydrogens (tertiary/aromatic N) is 2. The van der Waals surface area contributed by atoms with E-state index in [0.29, 0.717) is 11.3 Å². The third-order valence-electron chi connectivity index (χ3n) is 1.95. The highest BCUT2D eigenvalue weighted by Gasteiger charge is 2.04. The van der Waals surface area contributed by atoms with Crippen molar-refractivity contribution >= 4 is 17.5 Å². The lowest BCUT2D eigenvalue weighted by atomic mass is 10.2. The maximum Gasteiger partial charge on any atom is 0.248 e. The number of carbonyl (C=O) groups excluding carboxylic acids is 1. The molecule has 0 radical (unpaired) electrons. The fourth-order valence-corrected chi connectivity index (χ4v) is 1.29. The second kappa shape index (κ2) is 4.80. The van der Waals surface area contributed by atoms with Crippen LogP contribution in [0.15, 0.2) is 36.4 Å². The average molecular weight is 250 g/mol. The number of halogens is 1. The Hall–Kier alpha value is -2.14. The fourth-order valence-electron chi connectivity index (χ4n) is 1.19. The standard InChI is InChI=1S/C11H8ClN3O2/c12-9-4-5-10(15-14-9)17-8-3-1-2-7(6-8)11(13)16/h1-6H,(H2,13,16). The number of ether oxygens (including phenoxy) is 1. The normalized spacial score (nSPS) is 9.94. The molecule has 0 saturated heterocycles. The zero-order valence-electron chi connectivity index (χ0n) is 8.63. The predicted octanol–water partition coefficient (Wildman–Crippen LogP) is 2.02. The number of primary amides is 1. The van der Waals surface area contributed by atoms with Crippen LogP contribution in [0.3, 0.4) is 0 Å². The van der Waals surface area contributed by atoms with Gasteiger partial charge in [-0.3, -0.25) is 4.79 Å². The molecule has 17 heavy (non-hydrogen) atoms. The largest absolute Gasteiger partial charge is 0.437 e. The number of rotatable bonds is 3. The molecule has 6 heteroatoms. The summed E-state index contributed by atoms with van der Waals surface area (Å²) < 4.78 is 5.38. The Morgan fingerprint density at radius 2 is 2.06 bits per heavy atom. The summed E-state index contributed by atoms with van der Waals surface area (Å²) in [5.74, 6) is 0.228. The van der Waals surface area contributed by atoms with E-state index < -0.39 is 5.91 Å². The Bertz CT molecular complexity index is 543. The Kier molecular flexibility index (Phi) is 3.20. The molecule has 1 aromatic carbocycles. The van der Waals surface area contributed by atoms with Crippen LogP contribution in [0.1, 0.15) is 10.4 Å². The van der Waals surface area contributed by atoms with Crippen molar-refractivity contribution in [1.29, 1.82) is 0 Å². The molecule has 1 aromatic heterocycles. The molecule has 86 valence electrons. The molecule has 0 unspecified atom stereocenters. The van der Waals surface area contributed by atoms with Crippen molar-refractivity contribution in [3.8, 4) is 11.6 Å². The van der Waals surface area contributed by atoms with Gasteiger partial charge in [0.1, 0.15) is 5.75 Å². The third-order valence-corrected chi connectivity index (χ3v) is 2.15. The van der Waals surface area contributed by atoms with E-state index in [4.69, 9.17) is 22.1 Å². The molecular weight excluding hydrogens is 242 g/mol. The first kappa shape index (κ1) is 11.3. The Morgan fingerprint density at radius 3 is 2.71 bits per heavy atom. The molecule has 0 aliphatic heterocycles. The first-order valence-corrected chi connectivity index (χ1v) is 5.10. The third kappa shape index (κ3) is 2.92. The van der Waals surface area contributed by atoms with E-state index >= 15 is 0 Å². The number of nitrogens with two attached hydrogens (primary N) is 1. The van der Waals surface area contributed by atoms with Crippen LogP contribution in [0.4, 0.5) is 0 Å². The molecule has 1 amide bonds. The van der Waals surface area contributed by atoms with Crippen LogP contribution in [0, 0.1) is 0 Å². The zero-order chi connectivity index (χ0) is 12.3. The van der Waals surface area contributed by atoms with Gasteiger partial charge in [-0.2, -0.15) is 0 Å². The minimum absolute atomic E-state index is 0.281. The van der Waals surface area contributed by atoms with E-state index in [9.17, 15) is 4.79 Å². The van der Waals surface area contributed by atoms with Crippen molar-refractivity contribution < 1.29 is 9.53 Å². The van der Waals surface area contributed by atoms with Gasteiger partial charge in [0.05, 0.1) is 0 Å². The summed E-state index contributed by atoms with van der Waals surface area (Å²) in [5.41, 5.74) is 5.52. The Morgan fingerprint density at radius 1 is 1.24 bits per heavy atom. The van der Waals surface area contributed by atoms with E-state index in [2.05, 4.69) is 10.2 Å². The lowest BCUT2D eigenvalue weighted by Gasteiger charge is -2.04. The lowest BCUT2D eigenvalue weighted by Crippen LogP contribution is -2.10. The molecule has 1 heterocycles. The quantitative estimate of drug-likeness (QED) is 0.903. The molecule has 0 saturated carbocycles. The number of hydrogen-bond donors (Lipinski definition) is 1. The number of benzene rings is 1. The van der Waals surface area contributed by atoms with Crippen molar-refractivity contribution in [2.24, 2.45) is 5.73 Å². The van der Waals surface area contributed by atoms with E-state index in [1.807, 2.05) is 0 Å². The Balaban J connectivity index is 2.21. The smallest absolute Gasteiger partial charge is 0.248 e. The van der Waals surface area contributed by atoms with Crippen LogP contribution in [0.5, 0.6) is 11.6 Å². The van der Waals surface area contributed by atoms with Crippen LogP contribution in [0.2, 0.25) is 5.15 Å². The van der Waals surface area contributed by atoms with Gasteiger partial charge in [0, 0.05) is 11.6 Å². The number of amides is 1. The zero-order valence-corrected chi connectivity index (χ0v) is 9.39. The fraction of sp³-hybridized carbons (Fsp3) is 0. The predicted molar refractivity (Wildman–Crippen MR) is 62.1 cm³/mol. The highest BCUT2D eigenvalue weighted by molar-refractivity contribution is 6.29. The van der Waals surface area contributed by atoms with Gasteiger partial charge < -0.3 is 10.5 Å². The summed E-state index contributed by atoms with van der Waals surface area (Å²) in [6, 6.07) is 9.61. The molecule has 0 spiro atoms. The van der Waals surface area contributed by atoms with Crippen LogP contribution in [-0.4, -0.2) is 16.1 Å². The minimum atomic E-state index is -0.516. The van der Waals surface area contributed by atoms with Crippen molar-refractivity contribution in [3.05, 3.63) is 47.1 Å². The first-order chi connectivity index (χ1) is 8.15. The van der Waals surface area contributed by atoms with Gasteiger partial charge in [-0.05, 0) is 24.3 Å². The number of aromatic nitrogens is 2. The molecular formula is C11H8ClN3O2. The SMILES string of the molecule is NC(=O)c1cccc(Oc2ccc(Cl)nn2)c1. The molecule has 0 atom stereocenters. The molecule has 2 aromatic rings. The van der Waals surface area contributed by atoms with E-state index in [1.54, 1.807) is 30.3 Å². The molecule has 0 fully saturated rings. The molecule has 0 aliphatic rings. The second-order valence-electron chi connectivity index (χ2n) is 3.19. The van der Waals surface area contributed by atoms with E-state index in [-0.39, 0.29) is 11.0 Å². The molecule has 0 aliphatic carbocycles.